The van der Waals surface area contributed by atoms with Crippen LogP contribution < -0.4 is 11.1 Å². The van der Waals surface area contributed by atoms with Crippen LogP contribution in [0.15, 0.2) is 12.1 Å². The molecule has 1 aromatic heterocycles. The molecule has 1 aromatic rings. The molecule has 1 amide bonds. The number of rotatable bonds is 5. The third-order valence-corrected chi connectivity index (χ3v) is 3.48. The van der Waals surface area contributed by atoms with Gasteiger partial charge in [-0.2, -0.15) is 0 Å². The summed E-state index contributed by atoms with van der Waals surface area (Å²) in [6.07, 6.45) is 0.915. The summed E-state index contributed by atoms with van der Waals surface area (Å²) >= 11 is 0. The number of nitrogens with two attached hydrogens (primary N) is 1. The second-order valence-electron chi connectivity index (χ2n) is 4.65. The van der Waals surface area contributed by atoms with Crippen molar-refractivity contribution in [3.63, 3.8) is 0 Å². The summed E-state index contributed by atoms with van der Waals surface area (Å²) in [7, 11) is 1.99. The zero-order chi connectivity index (χ0) is 13.0. The van der Waals surface area contributed by atoms with Crippen LogP contribution in [-0.2, 0) is 18.4 Å². The minimum Gasteiger partial charge on any atom is -0.350 e. The predicted molar refractivity (Wildman–Crippen MR) is 69.4 cm³/mol. The maximum Gasteiger partial charge on any atom is 0.237 e. The number of carbonyl (C=O) groups is 1. The summed E-state index contributed by atoms with van der Waals surface area (Å²) in [4.78, 5) is 11.8. The average Bonchev–Trinajstić information content (AvgIpc) is 2.65. The Morgan fingerprint density at radius 2 is 2.18 bits per heavy atom. The van der Waals surface area contributed by atoms with Gasteiger partial charge in [0.1, 0.15) is 0 Å². The van der Waals surface area contributed by atoms with Crippen LogP contribution in [0.4, 0.5) is 0 Å². The number of aryl methyl sites for hydroxylation is 1. The van der Waals surface area contributed by atoms with Crippen molar-refractivity contribution in [3.05, 3.63) is 23.5 Å². The van der Waals surface area contributed by atoms with Gasteiger partial charge in [-0.05, 0) is 25.0 Å². The standard InChI is InChI=1S/C13H23N3O/c1-5-9(2)12(14)13(17)15-8-11-7-6-10(3)16(11)4/h6-7,9,12H,5,8,14H2,1-4H3,(H,15,17). The van der Waals surface area contributed by atoms with Crippen LogP contribution in [0, 0.1) is 12.8 Å². The second kappa shape index (κ2) is 5.87. The molecule has 1 rings (SSSR count). The molecule has 0 radical (unpaired) electrons. The van der Waals surface area contributed by atoms with E-state index in [0.717, 1.165) is 12.1 Å². The summed E-state index contributed by atoms with van der Waals surface area (Å²) in [5.74, 6) is 0.142. The Morgan fingerprint density at radius 1 is 1.53 bits per heavy atom. The lowest BCUT2D eigenvalue weighted by atomic mass is 9.99. The molecule has 0 saturated carbocycles. The molecule has 3 N–H and O–H groups in total. The molecule has 0 aliphatic heterocycles. The van der Waals surface area contributed by atoms with E-state index in [1.165, 1.54) is 5.69 Å². The molecular formula is C13H23N3O. The highest BCUT2D eigenvalue weighted by molar-refractivity contribution is 5.81. The van der Waals surface area contributed by atoms with E-state index >= 15 is 0 Å². The van der Waals surface area contributed by atoms with Crippen LogP contribution in [-0.4, -0.2) is 16.5 Å². The first-order valence-electron chi connectivity index (χ1n) is 6.11. The van der Waals surface area contributed by atoms with E-state index in [0.29, 0.717) is 6.54 Å². The summed E-state index contributed by atoms with van der Waals surface area (Å²) in [6.45, 7) is 6.61. The summed E-state index contributed by atoms with van der Waals surface area (Å²) in [6, 6.07) is 3.64. The zero-order valence-electron chi connectivity index (χ0n) is 11.2. The van der Waals surface area contributed by atoms with Gasteiger partial charge in [0, 0.05) is 18.4 Å². The second-order valence-corrected chi connectivity index (χ2v) is 4.65. The fourth-order valence-electron chi connectivity index (χ4n) is 1.65. The smallest absolute Gasteiger partial charge is 0.237 e. The number of carbonyl (C=O) groups excluding carboxylic acids is 1. The fourth-order valence-corrected chi connectivity index (χ4v) is 1.65. The molecule has 17 heavy (non-hydrogen) atoms. The van der Waals surface area contributed by atoms with Gasteiger partial charge in [-0.15, -0.1) is 0 Å². The van der Waals surface area contributed by atoms with Gasteiger partial charge in [-0.25, -0.2) is 0 Å². The van der Waals surface area contributed by atoms with Crippen LogP contribution in [0.1, 0.15) is 31.7 Å². The van der Waals surface area contributed by atoms with Gasteiger partial charge in [0.05, 0.1) is 12.6 Å². The number of aromatic nitrogens is 1. The minimum atomic E-state index is -0.415. The van der Waals surface area contributed by atoms with E-state index in [2.05, 4.69) is 9.88 Å². The number of nitrogens with one attached hydrogen (secondary N) is 1. The zero-order valence-corrected chi connectivity index (χ0v) is 11.2. The lowest BCUT2D eigenvalue weighted by Gasteiger charge is -2.17. The van der Waals surface area contributed by atoms with Crippen molar-refractivity contribution in [2.75, 3.05) is 0 Å². The summed E-state index contributed by atoms with van der Waals surface area (Å²) in [5.41, 5.74) is 8.13. The predicted octanol–water partition coefficient (Wildman–Crippen LogP) is 1.32. The van der Waals surface area contributed by atoms with Gasteiger partial charge in [-0.1, -0.05) is 20.3 Å². The number of hydrogen-bond acceptors (Lipinski definition) is 2. The Balaban J connectivity index is 2.51. The Morgan fingerprint density at radius 3 is 2.65 bits per heavy atom. The molecule has 0 bridgehead atoms. The molecule has 4 heteroatoms. The number of nitrogens with zero attached hydrogens (tertiary/aromatic N) is 1. The Labute approximate surface area is 103 Å². The summed E-state index contributed by atoms with van der Waals surface area (Å²) < 4.78 is 2.06. The van der Waals surface area contributed by atoms with Crippen LogP contribution in [0.3, 0.4) is 0 Å². The minimum absolute atomic E-state index is 0.0711. The average molecular weight is 237 g/mol. The van der Waals surface area contributed by atoms with E-state index in [4.69, 9.17) is 5.73 Å². The Bertz CT molecular complexity index is 384. The van der Waals surface area contributed by atoms with Gasteiger partial charge in [0.15, 0.2) is 0 Å². The molecule has 96 valence electrons. The molecule has 0 spiro atoms. The molecule has 0 aliphatic rings. The van der Waals surface area contributed by atoms with E-state index in [-0.39, 0.29) is 11.8 Å². The Kier molecular flexibility index (Phi) is 4.75. The third-order valence-electron chi connectivity index (χ3n) is 3.48. The monoisotopic (exact) mass is 237 g/mol. The molecule has 0 fully saturated rings. The van der Waals surface area contributed by atoms with Crippen molar-refractivity contribution in [1.29, 1.82) is 0 Å². The van der Waals surface area contributed by atoms with Crippen LogP contribution in [0.5, 0.6) is 0 Å². The van der Waals surface area contributed by atoms with E-state index in [9.17, 15) is 4.79 Å². The molecule has 1 heterocycles. The van der Waals surface area contributed by atoms with Crippen molar-refractivity contribution < 1.29 is 4.79 Å². The highest BCUT2D eigenvalue weighted by atomic mass is 16.2. The van der Waals surface area contributed by atoms with E-state index in [1.54, 1.807) is 0 Å². The maximum absolute atomic E-state index is 11.8. The van der Waals surface area contributed by atoms with Crippen LogP contribution in [0.2, 0.25) is 0 Å². The normalized spacial score (nSPS) is 14.4. The van der Waals surface area contributed by atoms with Crippen molar-refractivity contribution >= 4 is 5.91 Å². The Hall–Kier alpha value is -1.29. The molecule has 0 aromatic carbocycles. The molecule has 2 atom stereocenters. The lowest BCUT2D eigenvalue weighted by molar-refractivity contribution is -0.123. The largest absolute Gasteiger partial charge is 0.350 e. The van der Waals surface area contributed by atoms with Gasteiger partial charge >= 0.3 is 0 Å². The molecule has 0 aliphatic carbocycles. The van der Waals surface area contributed by atoms with Crippen molar-refractivity contribution in [3.8, 4) is 0 Å². The van der Waals surface area contributed by atoms with Crippen molar-refractivity contribution in [2.24, 2.45) is 18.7 Å². The van der Waals surface area contributed by atoms with E-state index < -0.39 is 6.04 Å². The van der Waals surface area contributed by atoms with Gasteiger partial charge in [0.25, 0.3) is 0 Å². The van der Waals surface area contributed by atoms with Crippen molar-refractivity contribution in [1.82, 2.24) is 9.88 Å². The first-order chi connectivity index (χ1) is 7.97. The first kappa shape index (κ1) is 13.8. The highest BCUT2D eigenvalue weighted by Gasteiger charge is 2.19. The maximum atomic E-state index is 11.8. The number of amides is 1. The van der Waals surface area contributed by atoms with Crippen LogP contribution in [0.25, 0.3) is 0 Å². The van der Waals surface area contributed by atoms with Gasteiger partial charge < -0.3 is 15.6 Å². The molecule has 0 saturated heterocycles. The quantitative estimate of drug-likeness (QED) is 0.811. The third kappa shape index (κ3) is 3.33. The highest BCUT2D eigenvalue weighted by Crippen LogP contribution is 2.07. The van der Waals surface area contributed by atoms with Gasteiger partial charge in [0.2, 0.25) is 5.91 Å². The SMILES string of the molecule is CCC(C)C(N)C(=O)NCc1ccc(C)n1C. The first-order valence-corrected chi connectivity index (χ1v) is 6.11. The summed E-state index contributed by atoms with van der Waals surface area (Å²) in [5, 5.41) is 2.88. The topological polar surface area (TPSA) is 60.1 Å². The van der Waals surface area contributed by atoms with Gasteiger partial charge in [-0.3, -0.25) is 4.79 Å². The van der Waals surface area contributed by atoms with Crippen LogP contribution >= 0.6 is 0 Å². The molecular weight excluding hydrogens is 214 g/mol. The van der Waals surface area contributed by atoms with Crippen molar-refractivity contribution in [2.45, 2.75) is 39.8 Å². The number of hydrogen-bond donors (Lipinski definition) is 2. The van der Waals surface area contributed by atoms with E-state index in [1.807, 2.05) is 40.0 Å². The molecule has 2 unspecified atom stereocenters. The molecule has 4 nitrogen and oxygen atoms in total. The fraction of sp³-hybridized carbons (Fsp3) is 0.615. The lowest BCUT2D eigenvalue weighted by Crippen LogP contribution is -2.44.